The van der Waals surface area contributed by atoms with Crippen molar-refractivity contribution in [2.45, 2.75) is 55.1 Å². The average Bonchev–Trinajstić information content (AvgIpc) is 3.91. The number of hydrogen-bond acceptors (Lipinski definition) is 3. The highest BCUT2D eigenvalue weighted by molar-refractivity contribution is 7.99. The predicted molar refractivity (Wildman–Crippen MR) is 264 cm³/mol. The maximum atomic E-state index is 5.18. The Morgan fingerprint density at radius 2 is 1.10 bits per heavy atom. The minimum Gasteiger partial charge on any atom is -0.310 e. The zero-order chi connectivity index (χ0) is 41.1. The van der Waals surface area contributed by atoms with Crippen LogP contribution in [0.3, 0.4) is 0 Å². The Bertz CT molecular complexity index is 3040. The SMILES string of the molecule is CCCCSc1ccc2c(c1)C1(c3ccccc3-c3ccc(N(c4ccccc4)c4ccc(-n5c6ccccc6c6ccccc65)cc4)cc31)c1cc(C(S)CCC)ccc1-2. The standard InChI is InChI=1S/C57H48N2S2/c1-3-5-34-61-43-30-33-47-45-31-24-38(56(60)15-4-2)35-51(45)57(53(47)37-43)50-21-12-9-18-44(50)46-32-29-42(36-52(46)57)58(39-16-7-6-8-17-39)40-25-27-41(28-26-40)59-54-22-13-10-19-48(54)49-20-11-14-23-55(49)59/h6-14,16-33,35-37,56,60H,3-5,15,34H2,1-2H3. The summed E-state index contributed by atoms with van der Waals surface area (Å²) >= 11 is 7.17. The van der Waals surface area contributed by atoms with Crippen LogP contribution >= 0.6 is 24.4 Å². The van der Waals surface area contributed by atoms with Crippen molar-refractivity contribution >= 4 is 63.3 Å². The molecule has 2 aliphatic carbocycles. The topological polar surface area (TPSA) is 8.17 Å². The van der Waals surface area contributed by atoms with Gasteiger partial charge in [0.2, 0.25) is 0 Å². The zero-order valence-electron chi connectivity index (χ0n) is 34.7. The minimum atomic E-state index is -0.480. The lowest BCUT2D eigenvalue weighted by Crippen LogP contribution is -2.26. The number of rotatable bonds is 11. The summed E-state index contributed by atoms with van der Waals surface area (Å²) in [6.07, 6.45) is 4.54. The van der Waals surface area contributed by atoms with Crippen molar-refractivity contribution in [3.8, 4) is 27.9 Å². The Kier molecular flexibility index (Phi) is 9.67. The fourth-order valence-corrected chi connectivity index (χ4v) is 11.8. The van der Waals surface area contributed by atoms with Gasteiger partial charge in [0, 0.05) is 43.7 Å². The molecule has 0 N–H and O–H groups in total. The molecule has 9 aromatic rings. The van der Waals surface area contributed by atoms with Crippen LogP contribution in [0.25, 0.3) is 49.7 Å². The second kappa shape index (κ2) is 15.5. The molecule has 2 nitrogen and oxygen atoms in total. The molecule has 0 bridgehead atoms. The van der Waals surface area contributed by atoms with E-state index in [1.165, 1.54) is 89.6 Å². The molecule has 0 radical (unpaired) electrons. The van der Waals surface area contributed by atoms with Gasteiger partial charge in [-0.25, -0.2) is 0 Å². The normalized spacial score (nSPS) is 15.2. The van der Waals surface area contributed by atoms with Crippen LogP contribution in [0.4, 0.5) is 17.1 Å². The molecular formula is C57H48N2S2. The Balaban J connectivity index is 1.12. The molecule has 0 amide bonds. The second-order valence-electron chi connectivity index (χ2n) is 16.6. The van der Waals surface area contributed by atoms with E-state index >= 15 is 0 Å². The number of anilines is 3. The third-order valence-corrected chi connectivity index (χ3v) is 14.7. The predicted octanol–water partition coefficient (Wildman–Crippen LogP) is 16.3. The molecule has 2 unspecified atom stereocenters. The maximum absolute atomic E-state index is 5.18. The smallest absolute Gasteiger partial charge is 0.0726 e. The number of thiol groups is 1. The number of unbranched alkanes of at least 4 members (excludes halogenated alkanes) is 1. The van der Waals surface area contributed by atoms with Crippen LogP contribution in [0, 0.1) is 0 Å². The summed E-state index contributed by atoms with van der Waals surface area (Å²) in [6.45, 7) is 4.54. The van der Waals surface area contributed by atoms with E-state index in [1.54, 1.807) is 0 Å². The molecule has 0 saturated heterocycles. The van der Waals surface area contributed by atoms with Crippen LogP contribution in [0.1, 0.15) is 72.6 Å². The zero-order valence-corrected chi connectivity index (χ0v) is 36.4. The monoisotopic (exact) mass is 824 g/mol. The molecule has 1 aromatic heterocycles. The summed E-state index contributed by atoms with van der Waals surface area (Å²) in [6, 6.07) is 68.4. The molecule has 0 saturated carbocycles. The lowest BCUT2D eigenvalue weighted by molar-refractivity contribution is 0.767. The number of benzene rings is 8. The number of fused-ring (bicyclic) bond motifs is 13. The second-order valence-corrected chi connectivity index (χ2v) is 18.4. The first-order chi connectivity index (χ1) is 30.1. The average molecular weight is 825 g/mol. The third kappa shape index (κ3) is 6.02. The Hall–Kier alpha value is -5.94. The van der Waals surface area contributed by atoms with E-state index in [2.05, 4.69) is 205 Å². The summed E-state index contributed by atoms with van der Waals surface area (Å²) in [7, 11) is 0. The first kappa shape index (κ1) is 38.0. The fraction of sp³-hybridized carbons (Fsp3) is 0.158. The molecule has 61 heavy (non-hydrogen) atoms. The van der Waals surface area contributed by atoms with Crippen LogP contribution < -0.4 is 4.90 Å². The van der Waals surface area contributed by atoms with Crippen molar-refractivity contribution in [1.82, 2.24) is 4.57 Å². The molecule has 0 fully saturated rings. The molecule has 298 valence electrons. The molecule has 1 heterocycles. The molecular weight excluding hydrogens is 777 g/mol. The highest BCUT2D eigenvalue weighted by Gasteiger charge is 2.52. The molecule has 2 aliphatic rings. The first-order valence-electron chi connectivity index (χ1n) is 21.9. The third-order valence-electron chi connectivity index (χ3n) is 13.1. The van der Waals surface area contributed by atoms with Crippen LogP contribution in [0.15, 0.2) is 187 Å². The summed E-state index contributed by atoms with van der Waals surface area (Å²) in [4.78, 5) is 3.77. The molecule has 2 atom stereocenters. The number of thioether (sulfide) groups is 1. The van der Waals surface area contributed by atoms with Gasteiger partial charge in [0.05, 0.1) is 16.4 Å². The van der Waals surface area contributed by atoms with Gasteiger partial charge in [-0.1, -0.05) is 136 Å². The molecule has 0 aliphatic heterocycles. The van der Waals surface area contributed by atoms with Crippen molar-refractivity contribution in [2.24, 2.45) is 0 Å². The fourth-order valence-electron chi connectivity index (χ4n) is 10.4. The highest BCUT2D eigenvalue weighted by Crippen LogP contribution is 2.64. The van der Waals surface area contributed by atoms with Crippen molar-refractivity contribution in [2.75, 3.05) is 10.7 Å². The van der Waals surface area contributed by atoms with E-state index in [0.29, 0.717) is 0 Å². The lowest BCUT2D eigenvalue weighted by atomic mass is 9.70. The van der Waals surface area contributed by atoms with Gasteiger partial charge < -0.3 is 9.47 Å². The van der Waals surface area contributed by atoms with Crippen LogP contribution in [0.5, 0.6) is 0 Å². The van der Waals surface area contributed by atoms with Crippen molar-refractivity contribution in [3.63, 3.8) is 0 Å². The minimum absolute atomic E-state index is 0.178. The molecule has 8 aromatic carbocycles. The van der Waals surface area contributed by atoms with Gasteiger partial charge in [-0.2, -0.15) is 12.6 Å². The Morgan fingerprint density at radius 3 is 1.82 bits per heavy atom. The van der Waals surface area contributed by atoms with Crippen molar-refractivity contribution in [3.05, 3.63) is 210 Å². The number of nitrogens with zero attached hydrogens (tertiary/aromatic N) is 2. The summed E-state index contributed by atoms with van der Waals surface area (Å²) in [5.74, 6) is 1.12. The van der Waals surface area contributed by atoms with E-state index in [-0.39, 0.29) is 5.25 Å². The summed E-state index contributed by atoms with van der Waals surface area (Å²) < 4.78 is 2.39. The van der Waals surface area contributed by atoms with Crippen LogP contribution in [-0.2, 0) is 5.41 Å². The van der Waals surface area contributed by atoms with Gasteiger partial charge in [-0.05, 0) is 141 Å². The van der Waals surface area contributed by atoms with Gasteiger partial charge in [-0.3, -0.25) is 0 Å². The van der Waals surface area contributed by atoms with E-state index in [0.717, 1.165) is 41.3 Å². The largest absolute Gasteiger partial charge is 0.310 e. The van der Waals surface area contributed by atoms with Crippen LogP contribution in [-0.4, -0.2) is 10.3 Å². The maximum Gasteiger partial charge on any atom is 0.0726 e. The van der Waals surface area contributed by atoms with E-state index in [1.807, 2.05) is 11.8 Å². The number of hydrogen-bond donors (Lipinski definition) is 1. The van der Waals surface area contributed by atoms with Crippen molar-refractivity contribution in [1.29, 1.82) is 0 Å². The Labute approximate surface area is 369 Å². The van der Waals surface area contributed by atoms with Gasteiger partial charge in [0.1, 0.15) is 0 Å². The molecule has 11 rings (SSSR count). The number of aromatic nitrogens is 1. The molecule has 1 spiro atoms. The highest BCUT2D eigenvalue weighted by atomic mass is 32.2. The summed E-state index contributed by atoms with van der Waals surface area (Å²) in [5.41, 5.74) is 18.5. The summed E-state index contributed by atoms with van der Waals surface area (Å²) in [5, 5.41) is 2.72. The Morgan fingerprint density at radius 1 is 0.525 bits per heavy atom. The van der Waals surface area contributed by atoms with Crippen LogP contribution in [0.2, 0.25) is 0 Å². The van der Waals surface area contributed by atoms with E-state index in [4.69, 9.17) is 12.6 Å². The van der Waals surface area contributed by atoms with E-state index < -0.39 is 5.41 Å². The molecule has 4 heteroatoms. The quantitative estimate of drug-likeness (QED) is 0.0790. The first-order valence-corrected chi connectivity index (χ1v) is 23.4. The van der Waals surface area contributed by atoms with Gasteiger partial charge in [-0.15, -0.1) is 11.8 Å². The number of para-hydroxylation sites is 3. The van der Waals surface area contributed by atoms with Gasteiger partial charge in [0.25, 0.3) is 0 Å². The van der Waals surface area contributed by atoms with Gasteiger partial charge in [0.15, 0.2) is 0 Å². The van der Waals surface area contributed by atoms with Crippen molar-refractivity contribution < 1.29 is 0 Å². The van der Waals surface area contributed by atoms with Gasteiger partial charge >= 0.3 is 0 Å². The lowest BCUT2D eigenvalue weighted by Gasteiger charge is -2.33. The van der Waals surface area contributed by atoms with E-state index in [9.17, 15) is 0 Å².